The zero-order valence-electron chi connectivity index (χ0n) is 9.42. The molecule has 0 unspecified atom stereocenters. The highest BCUT2D eigenvalue weighted by atomic mass is 35.6. The molecule has 0 radical (unpaired) electrons. The van der Waals surface area contributed by atoms with E-state index in [0.29, 0.717) is 13.2 Å². The molecular weight excluding hydrogens is 228 g/mol. The van der Waals surface area contributed by atoms with E-state index in [1.165, 1.54) is 5.56 Å². The van der Waals surface area contributed by atoms with Gasteiger partial charge in [0.05, 0.1) is 0 Å². The van der Waals surface area contributed by atoms with Gasteiger partial charge in [-0.05, 0) is 20.8 Å². The summed E-state index contributed by atoms with van der Waals surface area (Å²) in [4.78, 5) is 0. The Balaban J connectivity index is 2.92. The van der Waals surface area contributed by atoms with Gasteiger partial charge < -0.3 is 8.85 Å². The third kappa shape index (κ3) is 3.31. The molecule has 0 atom stereocenters. The third-order valence-corrected chi connectivity index (χ3v) is 5.71. The fourth-order valence-electron chi connectivity index (χ4n) is 1.33. The van der Waals surface area contributed by atoms with E-state index in [4.69, 9.17) is 19.9 Å². The number of halogens is 1. The zero-order valence-corrected chi connectivity index (χ0v) is 11.2. The van der Waals surface area contributed by atoms with Gasteiger partial charge in [0.2, 0.25) is 0 Å². The molecule has 0 spiro atoms. The highest BCUT2D eigenvalue weighted by molar-refractivity contribution is 7.20. The van der Waals surface area contributed by atoms with Crippen LogP contribution < -0.4 is 5.19 Å². The quantitative estimate of drug-likeness (QED) is 0.585. The molecule has 0 bridgehead atoms. The number of hydrogen-bond donors (Lipinski definition) is 0. The fourth-order valence-corrected chi connectivity index (χ4v) is 4.09. The maximum absolute atomic E-state index is 6.41. The molecule has 0 aliphatic carbocycles. The normalized spacial score (nSPS) is 11.7. The van der Waals surface area contributed by atoms with E-state index in [9.17, 15) is 0 Å². The molecule has 0 saturated carbocycles. The Bertz CT molecular complexity index is 294. The molecule has 1 rings (SSSR count). The van der Waals surface area contributed by atoms with Gasteiger partial charge >= 0.3 is 7.87 Å². The van der Waals surface area contributed by atoms with Crippen molar-refractivity contribution in [3.05, 3.63) is 29.8 Å². The number of benzene rings is 1. The predicted octanol–water partition coefficient (Wildman–Crippen LogP) is 2.45. The van der Waals surface area contributed by atoms with Crippen molar-refractivity contribution in [2.24, 2.45) is 0 Å². The SMILES string of the molecule is CCO[Si](Cl)(OCC)c1ccc(C)cc1. The van der Waals surface area contributed by atoms with Crippen LogP contribution in [0, 0.1) is 6.92 Å². The van der Waals surface area contributed by atoms with Crippen molar-refractivity contribution < 1.29 is 8.85 Å². The lowest BCUT2D eigenvalue weighted by Gasteiger charge is -2.23. The first-order valence-electron chi connectivity index (χ1n) is 5.16. The monoisotopic (exact) mass is 244 g/mol. The molecule has 2 nitrogen and oxygen atoms in total. The molecule has 84 valence electrons. The molecule has 1 aromatic rings. The summed E-state index contributed by atoms with van der Waals surface area (Å²) >= 11 is 6.41. The van der Waals surface area contributed by atoms with Gasteiger partial charge in [0.1, 0.15) is 0 Å². The van der Waals surface area contributed by atoms with Gasteiger partial charge in [-0.3, -0.25) is 0 Å². The van der Waals surface area contributed by atoms with Crippen LogP contribution in [-0.4, -0.2) is 21.1 Å². The second kappa shape index (κ2) is 5.65. The van der Waals surface area contributed by atoms with Crippen molar-refractivity contribution in [3.8, 4) is 0 Å². The highest BCUT2D eigenvalue weighted by Gasteiger charge is 2.37. The predicted molar refractivity (Wildman–Crippen MR) is 65.7 cm³/mol. The summed E-state index contributed by atoms with van der Waals surface area (Å²) < 4.78 is 11.2. The van der Waals surface area contributed by atoms with E-state index in [2.05, 4.69) is 0 Å². The Kier molecular flexibility index (Phi) is 4.79. The zero-order chi connectivity index (χ0) is 11.3. The van der Waals surface area contributed by atoms with E-state index in [-0.39, 0.29) is 0 Å². The molecule has 15 heavy (non-hydrogen) atoms. The van der Waals surface area contributed by atoms with Crippen molar-refractivity contribution in [2.75, 3.05) is 13.2 Å². The van der Waals surface area contributed by atoms with Gasteiger partial charge in [0, 0.05) is 18.4 Å². The topological polar surface area (TPSA) is 18.5 Å². The van der Waals surface area contributed by atoms with Crippen LogP contribution in [0.5, 0.6) is 0 Å². The van der Waals surface area contributed by atoms with Crippen LogP contribution in [0.3, 0.4) is 0 Å². The average Bonchev–Trinajstić information content (AvgIpc) is 2.19. The first-order chi connectivity index (χ1) is 7.12. The Morgan fingerprint density at radius 1 is 1.07 bits per heavy atom. The average molecular weight is 245 g/mol. The minimum absolute atomic E-state index is 0.573. The minimum atomic E-state index is -2.68. The summed E-state index contributed by atoms with van der Waals surface area (Å²) in [6, 6.07) is 8.02. The molecule has 0 N–H and O–H groups in total. The number of rotatable bonds is 5. The Labute approximate surface area is 97.1 Å². The highest BCUT2D eigenvalue weighted by Crippen LogP contribution is 2.13. The van der Waals surface area contributed by atoms with Gasteiger partial charge in [-0.25, -0.2) is 0 Å². The van der Waals surface area contributed by atoms with Gasteiger partial charge in [-0.1, -0.05) is 40.9 Å². The van der Waals surface area contributed by atoms with Crippen molar-refractivity contribution in [1.82, 2.24) is 0 Å². The van der Waals surface area contributed by atoms with Crippen LogP contribution in [0.15, 0.2) is 24.3 Å². The molecule has 0 amide bonds. The summed E-state index contributed by atoms with van der Waals surface area (Å²) in [7, 11) is -2.68. The minimum Gasteiger partial charge on any atom is -0.380 e. The summed E-state index contributed by atoms with van der Waals surface area (Å²) in [6.07, 6.45) is 0. The Morgan fingerprint density at radius 2 is 1.53 bits per heavy atom. The molecule has 0 aliphatic rings. The first-order valence-corrected chi connectivity index (χ1v) is 7.99. The van der Waals surface area contributed by atoms with Crippen molar-refractivity contribution in [1.29, 1.82) is 0 Å². The van der Waals surface area contributed by atoms with Crippen LogP contribution in [0.2, 0.25) is 0 Å². The standard InChI is InChI=1S/C11H17ClO2Si/c1-4-13-15(12,14-5-2)11-8-6-10(3)7-9-11/h6-9H,4-5H2,1-3H3. The molecule has 0 saturated heterocycles. The van der Waals surface area contributed by atoms with Gasteiger partial charge in [0.15, 0.2) is 0 Å². The van der Waals surface area contributed by atoms with E-state index in [0.717, 1.165) is 5.19 Å². The molecule has 1 aromatic carbocycles. The van der Waals surface area contributed by atoms with Crippen LogP contribution >= 0.6 is 11.1 Å². The van der Waals surface area contributed by atoms with E-state index < -0.39 is 7.87 Å². The van der Waals surface area contributed by atoms with Crippen LogP contribution in [0.1, 0.15) is 19.4 Å². The largest absolute Gasteiger partial charge is 0.478 e. The fraction of sp³-hybridized carbons (Fsp3) is 0.455. The van der Waals surface area contributed by atoms with E-state index in [1.807, 2.05) is 45.0 Å². The number of hydrogen-bond acceptors (Lipinski definition) is 2. The van der Waals surface area contributed by atoms with Gasteiger partial charge in [-0.2, -0.15) is 0 Å². The van der Waals surface area contributed by atoms with Crippen molar-refractivity contribution in [2.45, 2.75) is 20.8 Å². The van der Waals surface area contributed by atoms with Crippen LogP contribution in [-0.2, 0) is 8.85 Å². The smallest absolute Gasteiger partial charge is 0.380 e. The maximum Gasteiger partial charge on any atom is 0.478 e. The molecule has 4 heteroatoms. The Morgan fingerprint density at radius 3 is 1.93 bits per heavy atom. The van der Waals surface area contributed by atoms with Crippen molar-refractivity contribution in [3.63, 3.8) is 0 Å². The third-order valence-electron chi connectivity index (χ3n) is 2.06. The van der Waals surface area contributed by atoms with E-state index >= 15 is 0 Å². The summed E-state index contributed by atoms with van der Waals surface area (Å²) in [5.41, 5.74) is 1.21. The molecule has 0 heterocycles. The summed E-state index contributed by atoms with van der Waals surface area (Å²) in [5.74, 6) is 0. The van der Waals surface area contributed by atoms with E-state index in [1.54, 1.807) is 0 Å². The summed E-state index contributed by atoms with van der Waals surface area (Å²) in [6.45, 7) is 7.05. The maximum atomic E-state index is 6.41. The van der Waals surface area contributed by atoms with Crippen LogP contribution in [0.4, 0.5) is 0 Å². The molecular formula is C11H17ClO2Si. The summed E-state index contributed by atoms with van der Waals surface area (Å²) in [5, 5.41) is 0.971. The second-order valence-electron chi connectivity index (χ2n) is 3.27. The lowest BCUT2D eigenvalue weighted by Crippen LogP contribution is -2.48. The molecule has 0 aromatic heterocycles. The lowest BCUT2D eigenvalue weighted by atomic mass is 10.2. The second-order valence-corrected chi connectivity index (χ2v) is 6.99. The van der Waals surface area contributed by atoms with Gasteiger partial charge in [-0.15, -0.1) is 0 Å². The first kappa shape index (κ1) is 12.7. The molecule has 0 fully saturated rings. The van der Waals surface area contributed by atoms with Crippen LogP contribution in [0.25, 0.3) is 0 Å². The van der Waals surface area contributed by atoms with Gasteiger partial charge in [0.25, 0.3) is 0 Å². The lowest BCUT2D eigenvalue weighted by molar-refractivity contribution is 0.215. The molecule has 0 aliphatic heterocycles. The number of aryl methyl sites for hydroxylation is 1. The van der Waals surface area contributed by atoms with Crippen molar-refractivity contribution >= 4 is 24.1 Å². The Hall–Kier alpha value is -0.353.